The van der Waals surface area contributed by atoms with E-state index in [1.54, 1.807) is 6.20 Å². The molecule has 5 heteroatoms. The van der Waals surface area contributed by atoms with Crippen LogP contribution in [0.5, 0.6) is 0 Å². The second kappa shape index (κ2) is 8.15. The van der Waals surface area contributed by atoms with Gasteiger partial charge in [0.15, 0.2) is 0 Å². The normalized spacial score (nSPS) is 10.4. The number of aromatic nitrogens is 2. The molecule has 5 nitrogen and oxygen atoms in total. The lowest BCUT2D eigenvalue weighted by atomic mass is 10.1. The summed E-state index contributed by atoms with van der Waals surface area (Å²) in [5.74, 6) is 0. The molecule has 0 aliphatic rings. The number of aryl methyl sites for hydroxylation is 1. The minimum absolute atomic E-state index is 0.143. The maximum absolute atomic E-state index is 11.8. The highest BCUT2D eigenvalue weighted by molar-refractivity contribution is 5.73. The molecule has 2 aromatic carbocycles. The van der Waals surface area contributed by atoms with Crippen molar-refractivity contribution in [2.45, 2.75) is 13.0 Å². The Bertz CT molecular complexity index is 809. The summed E-state index contributed by atoms with van der Waals surface area (Å²) in [4.78, 5) is 11.8. The molecular formula is C20H22N4O. The first kappa shape index (κ1) is 16.8. The first-order valence-corrected chi connectivity index (χ1v) is 8.35. The lowest BCUT2D eigenvalue weighted by molar-refractivity contribution is 0.240. The minimum atomic E-state index is -0.143. The number of amides is 2. The summed E-state index contributed by atoms with van der Waals surface area (Å²) >= 11 is 0. The molecule has 3 aromatic rings. The van der Waals surface area contributed by atoms with Gasteiger partial charge in [-0.2, -0.15) is 5.10 Å². The molecule has 0 saturated carbocycles. The number of hydrogen-bond acceptors (Lipinski definition) is 2. The van der Waals surface area contributed by atoms with Gasteiger partial charge in [0, 0.05) is 26.3 Å². The smallest absolute Gasteiger partial charge is 0.315 e. The van der Waals surface area contributed by atoms with Crippen molar-refractivity contribution in [2.24, 2.45) is 7.05 Å². The molecule has 0 spiro atoms. The fourth-order valence-corrected chi connectivity index (χ4v) is 2.66. The van der Waals surface area contributed by atoms with Crippen molar-refractivity contribution in [2.75, 3.05) is 6.54 Å². The molecule has 0 bridgehead atoms. The summed E-state index contributed by atoms with van der Waals surface area (Å²) in [5.41, 5.74) is 4.50. The van der Waals surface area contributed by atoms with E-state index >= 15 is 0 Å². The topological polar surface area (TPSA) is 59.0 Å². The quantitative estimate of drug-likeness (QED) is 0.727. The number of urea groups is 1. The zero-order chi connectivity index (χ0) is 17.5. The minimum Gasteiger partial charge on any atom is -0.338 e. The Hall–Kier alpha value is -3.08. The van der Waals surface area contributed by atoms with Gasteiger partial charge in [-0.15, -0.1) is 0 Å². The number of carbonyl (C=O) groups excluding carboxylic acids is 1. The standard InChI is InChI=1S/C20H22N4O/c1-24-19(12-14-23-24)18-9-7-16(8-10-18)11-13-21-20(25)22-15-17-5-3-2-4-6-17/h2-10,12,14H,11,13,15H2,1H3,(H2,21,22,25). The lowest BCUT2D eigenvalue weighted by Crippen LogP contribution is -2.36. The van der Waals surface area contributed by atoms with Crippen LogP contribution in [0.2, 0.25) is 0 Å². The predicted octanol–water partition coefficient (Wildman–Crippen LogP) is 3.13. The summed E-state index contributed by atoms with van der Waals surface area (Å²) < 4.78 is 1.85. The van der Waals surface area contributed by atoms with Gasteiger partial charge < -0.3 is 10.6 Å². The van der Waals surface area contributed by atoms with Gasteiger partial charge in [0.1, 0.15) is 0 Å². The molecule has 0 fully saturated rings. The average molecular weight is 334 g/mol. The monoisotopic (exact) mass is 334 g/mol. The summed E-state index contributed by atoms with van der Waals surface area (Å²) in [7, 11) is 1.93. The van der Waals surface area contributed by atoms with Crippen molar-refractivity contribution < 1.29 is 4.79 Å². The van der Waals surface area contributed by atoms with Crippen LogP contribution in [0.4, 0.5) is 4.79 Å². The van der Waals surface area contributed by atoms with Crippen LogP contribution >= 0.6 is 0 Å². The second-order valence-corrected chi connectivity index (χ2v) is 5.88. The van der Waals surface area contributed by atoms with Crippen molar-refractivity contribution in [3.63, 3.8) is 0 Å². The Balaban J connectivity index is 1.43. The number of nitrogens with one attached hydrogen (secondary N) is 2. The van der Waals surface area contributed by atoms with E-state index in [0.29, 0.717) is 13.1 Å². The Labute approximate surface area is 147 Å². The Morgan fingerprint density at radius 1 is 0.960 bits per heavy atom. The van der Waals surface area contributed by atoms with Gasteiger partial charge in [-0.3, -0.25) is 4.68 Å². The van der Waals surface area contributed by atoms with Gasteiger partial charge >= 0.3 is 6.03 Å². The van der Waals surface area contributed by atoms with E-state index in [9.17, 15) is 4.79 Å². The Kier molecular flexibility index (Phi) is 5.46. The summed E-state index contributed by atoms with van der Waals surface area (Å²) in [6, 6.07) is 20.1. The van der Waals surface area contributed by atoms with Gasteiger partial charge in [-0.25, -0.2) is 4.79 Å². The Morgan fingerprint density at radius 2 is 1.72 bits per heavy atom. The molecular weight excluding hydrogens is 312 g/mol. The molecule has 0 radical (unpaired) electrons. The SMILES string of the molecule is Cn1nccc1-c1ccc(CCNC(=O)NCc2ccccc2)cc1. The summed E-state index contributed by atoms with van der Waals surface area (Å²) in [6.45, 7) is 1.14. The fraction of sp³-hybridized carbons (Fsp3) is 0.200. The molecule has 2 N–H and O–H groups in total. The van der Waals surface area contributed by atoms with Crippen molar-refractivity contribution in [3.8, 4) is 11.3 Å². The second-order valence-electron chi connectivity index (χ2n) is 5.88. The molecule has 0 unspecified atom stereocenters. The van der Waals surface area contributed by atoms with E-state index in [1.807, 2.05) is 48.1 Å². The van der Waals surface area contributed by atoms with E-state index in [1.165, 1.54) is 5.56 Å². The first-order valence-electron chi connectivity index (χ1n) is 8.35. The van der Waals surface area contributed by atoms with Crippen LogP contribution in [-0.2, 0) is 20.0 Å². The van der Waals surface area contributed by atoms with Crippen LogP contribution in [0.1, 0.15) is 11.1 Å². The van der Waals surface area contributed by atoms with Crippen LogP contribution in [0.3, 0.4) is 0 Å². The van der Waals surface area contributed by atoms with Gasteiger partial charge in [-0.1, -0.05) is 54.6 Å². The highest BCUT2D eigenvalue weighted by Crippen LogP contribution is 2.18. The van der Waals surface area contributed by atoms with Crippen LogP contribution in [0.15, 0.2) is 66.9 Å². The molecule has 2 amide bonds. The first-order chi connectivity index (χ1) is 12.2. The third kappa shape index (κ3) is 4.70. The van der Waals surface area contributed by atoms with E-state index in [-0.39, 0.29) is 6.03 Å². The molecule has 0 saturated heterocycles. The van der Waals surface area contributed by atoms with E-state index in [0.717, 1.165) is 23.2 Å². The zero-order valence-electron chi connectivity index (χ0n) is 14.3. The molecule has 25 heavy (non-hydrogen) atoms. The van der Waals surface area contributed by atoms with Crippen molar-refractivity contribution in [3.05, 3.63) is 78.0 Å². The molecule has 1 aromatic heterocycles. The Morgan fingerprint density at radius 3 is 2.40 bits per heavy atom. The van der Waals surface area contributed by atoms with Crippen molar-refractivity contribution >= 4 is 6.03 Å². The third-order valence-corrected chi connectivity index (χ3v) is 4.07. The van der Waals surface area contributed by atoms with Gasteiger partial charge in [-0.05, 0) is 29.2 Å². The lowest BCUT2D eigenvalue weighted by Gasteiger charge is -2.08. The molecule has 128 valence electrons. The molecule has 1 heterocycles. The molecule has 3 rings (SSSR count). The van der Waals surface area contributed by atoms with Gasteiger partial charge in [0.2, 0.25) is 0 Å². The van der Waals surface area contributed by atoms with Crippen molar-refractivity contribution in [1.29, 1.82) is 0 Å². The van der Waals surface area contributed by atoms with Crippen LogP contribution < -0.4 is 10.6 Å². The number of benzene rings is 2. The van der Waals surface area contributed by atoms with Gasteiger partial charge in [0.05, 0.1) is 5.69 Å². The van der Waals surface area contributed by atoms with E-state index in [2.05, 4.69) is 40.0 Å². The molecule has 0 aliphatic carbocycles. The van der Waals surface area contributed by atoms with Crippen LogP contribution in [-0.4, -0.2) is 22.4 Å². The maximum atomic E-state index is 11.8. The average Bonchev–Trinajstić information content (AvgIpc) is 3.07. The highest BCUT2D eigenvalue weighted by atomic mass is 16.2. The molecule has 0 aliphatic heterocycles. The number of nitrogens with zero attached hydrogens (tertiary/aromatic N) is 2. The van der Waals surface area contributed by atoms with E-state index in [4.69, 9.17) is 0 Å². The number of hydrogen-bond donors (Lipinski definition) is 2. The number of rotatable bonds is 6. The fourth-order valence-electron chi connectivity index (χ4n) is 2.66. The highest BCUT2D eigenvalue weighted by Gasteiger charge is 2.03. The van der Waals surface area contributed by atoms with Crippen LogP contribution in [0, 0.1) is 0 Å². The summed E-state index contributed by atoms with van der Waals surface area (Å²) in [5, 5.41) is 9.93. The van der Waals surface area contributed by atoms with E-state index < -0.39 is 0 Å². The van der Waals surface area contributed by atoms with Crippen LogP contribution in [0.25, 0.3) is 11.3 Å². The molecule has 0 atom stereocenters. The van der Waals surface area contributed by atoms with Crippen molar-refractivity contribution in [1.82, 2.24) is 20.4 Å². The third-order valence-electron chi connectivity index (χ3n) is 4.07. The summed E-state index contributed by atoms with van der Waals surface area (Å²) in [6.07, 6.45) is 2.59. The number of carbonyl (C=O) groups is 1. The maximum Gasteiger partial charge on any atom is 0.315 e. The largest absolute Gasteiger partial charge is 0.338 e. The zero-order valence-corrected chi connectivity index (χ0v) is 14.3. The predicted molar refractivity (Wildman–Crippen MR) is 99.0 cm³/mol. The van der Waals surface area contributed by atoms with Gasteiger partial charge in [0.25, 0.3) is 0 Å².